The second-order valence-corrected chi connectivity index (χ2v) is 6.78. The van der Waals surface area contributed by atoms with Gasteiger partial charge in [0.15, 0.2) is 6.10 Å². The molecule has 2 aromatic carbocycles. The van der Waals surface area contributed by atoms with Crippen LogP contribution < -0.4 is 5.32 Å². The van der Waals surface area contributed by atoms with E-state index in [1.165, 1.54) is 18.0 Å². The van der Waals surface area contributed by atoms with E-state index in [-0.39, 0.29) is 18.2 Å². The molecule has 0 aliphatic heterocycles. The molecule has 1 N–H and O–H groups in total. The highest BCUT2D eigenvalue weighted by Crippen LogP contribution is 2.23. The highest BCUT2D eigenvalue weighted by molar-refractivity contribution is 8.00. The molecule has 134 valence electrons. The number of benzene rings is 2. The van der Waals surface area contributed by atoms with Crippen molar-refractivity contribution in [2.24, 2.45) is 0 Å². The van der Waals surface area contributed by atoms with Crippen LogP contribution in [0, 0.1) is 0 Å². The molecule has 1 amide bonds. The number of carbonyl (C=O) groups excluding carboxylic acids is 2. The van der Waals surface area contributed by atoms with Gasteiger partial charge < -0.3 is 14.5 Å². The molecule has 0 aliphatic rings. The summed E-state index contributed by atoms with van der Waals surface area (Å²) in [6.07, 6.45) is 0.685. The lowest BCUT2D eigenvalue weighted by Crippen LogP contribution is -2.35. The minimum absolute atomic E-state index is 0.147. The van der Waals surface area contributed by atoms with E-state index in [4.69, 9.17) is 9.15 Å². The van der Waals surface area contributed by atoms with Gasteiger partial charge in [-0.2, -0.15) is 0 Å². The Morgan fingerprint density at radius 2 is 1.92 bits per heavy atom. The summed E-state index contributed by atoms with van der Waals surface area (Å²) >= 11 is 1.39. The van der Waals surface area contributed by atoms with E-state index in [2.05, 4.69) is 5.32 Å². The predicted molar refractivity (Wildman–Crippen MR) is 101 cm³/mol. The van der Waals surface area contributed by atoms with Gasteiger partial charge in [0.1, 0.15) is 5.76 Å². The van der Waals surface area contributed by atoms with Crippen molar-refractivity contribution in [1.29, 1.82) is 0 Å². The summed E-state index contributed by atoms with van der Waals surface area (Å²) in [4.78, 5) is 24.9. The van der Waals surface area contributed by atoms with Crippen molar-refractivity contribution in [1.82, 2.24) is 5.32 Å². The molecule has 0 unspecified atom stereocenters. The van der Waals surface area contributed by atoms with E-state index in [1.54, 1.807) is 19.1 Å². The number of nitrogens with one attached hydrogen (secondary N) is 1. The molecule has 1 heterocycles. The Hall–Kier alpha value is -2.73. The molecule has 0 bridgehead atoms. The number of rotatable bonds is 7. The minimum atomic E-state index is -0.852. The van der Waals surface area contributed by atoms with Gasteiger partial charge in [-0.15, -0.1) is 11.8 Å². The van der Waals surface area contributed by atoms with Crippen LogP contribution in [0.5, 0.6) is 0 Å². The second kappa shape index (κ2) is 8.58. The normalized spacial score (nSPS) is 11.9. The Labute approximate surface area is 155 Å². The Kier molecular flexibility index (Phi) is 5.96. The number of ether oxygens (including phenoxy) is 1. The third-order valence-corrected chi connectivity index (χ3v) is 4.74. The first-order valence-corrected chi connectivity index (χ1v) is 9.21. The molecule has 0 saturated heterocycles. The minimum Gasteiger partial charge on any atom is -0.467 e. The van der Waals surface area contributed by atoms with Gasteiger partial charge in [0.25, 0.3) is 5.91 Å². The van der Waals surface area contributed by atoms with Gasteiger partial charge in [0, 0.05) is 4.90 Å². The largest absolute Gasteiger partial charge is 0.467 e. The van der Waals surface area contributed by atoms with Crippen molar-refractivity contribution in [2.75, 3.05) is 5.75 Å². The lowest BCUT2D eigenvalue weighted by molar-refractivity contribution is -0.152. The van der Waals surface area contributed by atoms with Crippen molar-refractivity contribution < 1.29 is 18.7 Å². The molecule has 0 aliphatic carbocycles. The number of esters is 1. The van der Waals surface area contributed by atoms with Crippen LogP contribution in [0.1, 0.15) is 12.7 Å². The Bertz CT molecular complexity index is 892. The van der Waals surface area contributed by atoms with Gasteiger partial charge in [-0.3, -0.25) is 9.59 Å². The van der Waals surface area contributed by atoms with Gasteiger partial charge in [-0.05, 0) is 42.0 Å². The van der Waals surface area contributed by atoms with E-state index in [9.17, 15) is 9.59 Å². The number of fused-ring (bicyclic) bond motifs is 1. The van der Waals surface area contributed by atoms with Gasteiger partial charge in [0.2, 0.25) is 0 Å². The maximum Gasteiger partial charge on any atom is 0.317 e. The zero-order valence-electron chi connectivity index (χ0n) is 14.3. The number of carbonyl (C=O) groups is 2. The van der Waals surface area contributed by atoms with E-state index in [1.807, 2.05) is 42.5 Å². The molecule has 0 fully saturated rings. The van der Waals surface area contributed by atoms with Gasteiger partial charge >= 0.3 is 5.97 Å². The summed E-state index contributed by atoms with van der Waals surface area (Å²) in [6.45, 7) is 1.82. The van der Waals surface area contributed by atoms with E-state index in [0.29, 0.717) is 5.76 Å². The van der Waals surface area contributed by atoms with E-state index >= 15 is 0 Å². The molecule has 6 heteroatoms. The zero-order chi connectivity index (χ0) is 18.4. The standard InChI is InChI=1S/C20H19NO4S/c1-14(20(23)21-12-17-7-4-10-24-17)25-19(22)13-26-18-9-8-15-5-2-3-6-16(15)11-18/h2-11,14H,12-13H2,1H3,(H,21,23)/t14-/m1/s1. The summed E-state index contributed by atoms with van der Waals surface area (Å²) in [5.41, 5.74) is 0. The van der Waals surface area contributed by atoms with Gasteiger partial charge in [-0.1, -0.05) is 30.3 Å². The first kappa shape index (κ1) is 18.1. The molecule has 0 radical (unpaired) electrons. The molecule has 0 spiro atoms. The van der Waals surface area contributed by atoms with E-state index < -0.39 is 12.1 Å². The quantitative estimate of drug-likeness (QED) is 0.507. The molecule has 5 nitrogen and oxygen atoms in total. The molecule has 0 saturated carbocycles. The van der Waals surface area contributed by atoms with Crippen molar-refractivity contribution in [2.45, 2.75) is 24.5 Å². The van der Waals surface area contributed by atoms with Crippen LogP contribution in [0.4, 0.5) is 0 Å². The highest BCUT2D eigenvalue weighted by atomic mass is 32.2. The Morgan fingerprint density at radius 1 is 1.12 bits per heavy atom. The summed E-state index contributed by atoms with van der Waals surface area (Å²) < 4.78 is 10.3. The van der Waals surface area contributed by atoms with E-state index in [0.717, 1.165) is 15.7 Å². The van der Waals surface area contributed by atoms with Crippen LogP contribution in [0.25, 0.3) is 10.8 Å². The summed E-state index contributed by atoms with van der Waals surface area (Å²) in [5.74, 6) is 0.00623. The topological polar surface area (TPSA) is 68.5 Å². The smallest absolute Gasteiger partial charge is 0.317 e. The lowest BCUT2D eigenvalue weighted by Gasteiger charge is -2.13. The van der Waals surface area contributed by atoms with Crippen LogP contribution in [0.15, 0.2) is 70.2 Å². The van der Waals surface area contributed by atoms with Crippen LogP contribution in [-0.4, -0.2) is 23.7 Å². The zero-order valence-corrected chi connectivity index (χ0v) is 15.1. The molecule has 1 atom stereocenters. The van der Waals surface area contributed by atoms with Crippen molar-refractivity contribution >= 4 is 34.4 Å². The van der Waals surface area contributed by atoms with Crippen LogP contribution in [-0.2, 0) is 20.9 Å². The molecule has 1 aromatic heterocycles. The fourth-order valence-electron chi connectivity index (χ4n) is 2.42. The monoisotopic (exact) mass is 369 g/mol. The first-order chi connectivity index (χ1) is 12.6. The molecular formula is C20H19NO4S. The summed E-state index contributed by atoms with van der Waals surface area (Å²) in [5, 5.41) is 4.94. The fourth-order valence-corrected chi connectivity index (χ4v) is 3.14. The number of thioether (sulfide) groups is 1. The van der Waals surface area contributed by atoms with Gasteiger partial charge in [-0.25, -0.2) is 0 Å². The number of amides is 1. The van der Waals surface area contributed by atoms with Crippen LogP contribution in [0.3, 0.4) is 0 Å². The molecule has 26 heavy (non-hydrogen) atoms. The molecular weight excluding hydrogens is 350 g/mol. The number of hydrogen-bond acceptors (Lipinski definition) is 5. The second-order valence-electron chi connectivity index (χ2n) is 5.73. The Balaban J connectivity index is 1.45. The first-order valence-electron chi connectivity index (χ1n) is 8.23. The van der Waals surface area contributed by atoms with Crippen LogP contribution >= 0.6 is 11.8 Å². The third kappa shape index (κ3) is 4.89. The Morgan fingerprint density at radius 3 is 2.69 bits per heavy atom. The summed E-state index contributed by atoms with van der Waals surface area (Å²) in [6, 6.07) is 17.6. The maximum atomic E-state index is 12.0. The van der Waals surface area contributed by atoms with Crippen molar-refractivity contribution in [3.8, 4) is 0 Å². The van der Waals surface area contributed by atoms with Crippen molar-refractivity contribution in [3.05, 3.63) is 66.6 Å². The van der Waals surface area contributed by atoms with Crippen molar-refractivity contribution in [3.63, 3.8) is 0 Å². The summed E-state index contributed by atoms with van der Waals surface area (Å²) in [7, 11) is 0. The molecule has 3 rings (SSSR count). The average molecular weight is 369 g/mol. The average Bonchev–Trinajstić information content (AvgIpc) is 3.17. The van der Waals surface area contributed by atoms with Crippen LogP contribution in [0.2, 0.25) is 0 Å². The lowest BCUT2D eigenvalue weighted by atomic mass is 10.1. The predicted octanol–water partition coefficient (Wildman–Crippen LogP) is 3.77. The molecule has 3 aromatic rings. The third-order valence-electron chi connectivity index (χ3n) is 3.77. The van der Waals surface area contributed by atoms with Gasteiger partial charge in [0.05, 0.1) is 18.6 Å². The SMILES string of the molecule is C[C@@H](OC(=O)CSc1ccc2ccccc2c1)C(=O)NCc1ccco1. The fraction of sp³-hybridized carbons (Fsp3) is 0.200. The number of furan rings is 1. The number of hydrogen-bond donors (Lipinski definition) is 1. The highest BCUT2D eigenvalue weighted by Gasteiger charge is 2.18. The maximum absolute atomic E-state index is 12.0.